The van der Waals surface area contributed by atoms with Gasteiger partial charge in [-0.2, -0.15) is 0 Å². The van der Waals surface area contributed by atoms with E-state index >= 15 is 0 Å². The Labute approximate surface area is 121 Å². The lowest BCUT2D eigenvalue weighted by Crippen LogP contribution is -2.39. The van der Waals surface area contributed by atoms with Crippen LogP contribution in [0.3, 0.4) is 0 Å². The second-order valence-corrected chi connectivity index (χ2v) is 5.20. The molecular formula is C16H25N3O. The highest BCUT2D eigenvalue weighted by molar-refractivity contribution is 5.79. The molecule has 0 spiro atoms. The first-order chi connectivity index (χ1) is 9.79. The Kier molecular flexibility index (Phi) is 5.71. The molecule has 0 unspecified atom stereocenters. The minimum Gasteiger partial charge on any atom is -0.491 e. The molecule has 0 saturated heterocycles. The minimum atomic E-state index is 0.638. The van der Waals surface area contributed by atoms with Gasteiger partial charge in [-0.25, -0.2) is 0 Å². The van der Waals surface area contributed by atoms with Crippen molar-refractivity contribution >= 4 is 5.96 Å². The van der Waals surface area contributed by atoms with E-state index in [2.05, 4.69) is 35.5 Å². The molecule has 0 aliphatic heterocycles. The molecule has 1 saturated carbocycles. The van der Waals surface area contributed by atoms with Crippen LogP contribution in [0.25, 0.3) is 0 Å². The molecule has 1 aliphatic rings. The van der Waals surface area contributed by atoms with Crippen LogP contribution in [0.1, 0.15) is 25.3 Å². The number of rotatable bonds is 7. The average molecular weight is 275 g/mol. The van der Waals surface area contributed by atoms with Gasteiger partial charge in [0.05, 0.1) is 6.54 Å². The maximum atomic E-state index is 5.76. The van der Waals surface area contributed by atoms with Gasteiger partial charge < -0.3 is 15.4 Å². The molecule has 0 atom stereocenters. The van der Waals surface area contributed by atoms with Crippen LogP contribution in [0.15, 0.2) is 29.3 Å². The number of para-hydroxylation sites is 1. The van der Waals surface area contributed by atoms with Crippen LogP contribution in [-0.2, 0) is 0 Å². The predicted molar refractivity (Wildman–Crippen MR) is 83.4 cm³/mol. The summed E-state index contributed by atoms with van der Waals surface area (Å²) in [6.45, 7) is 7.36. The van der Waals surface area contributed by atoms with Gasteiger partial charge in [0.25, 0.3) is 0 Å². The number of guanidine groups is 1. The van der Waals surface area contributed by atoms with Crippen LogP contribution in [-0.4, -0.2) is 32.2 Å². The normalized spacial score (nSPS) is 15.0. The van der Waals surface area contributed by atoms with Crippen molar-refractivity contribution in [1.82, 2.24) is 10.6 Å². The Bertz CT molecular complexity index is 441. The van der Waals surface area contributed by atoms with E-state index in [0.29, 0.717) is 6.61 Å². The molecule has 0 amide bonds. The number of aliphatic imine (C=N–C) groups is 1. The van der Waals surface area contributed by atoms with E-state index in [4.69, 9.17) is 4.74 Å². The maximum Gasteiger partial charge on any atom is 0.191 e. The third-order valence-corrected chi connectivity index (χ3v) is 3.29. The zero-order valence-corrected chi connectivity index (χ0v) is 12.5. The van der Waals surface area contributed by atoms with Gasteiger partial charge in [-0.3, -0.25) is 4.99 Å². The van der Waals surface area contributed by atoms with Crippen molar-refractivity contribution in [2.75, 3.05) is 26.2 Å². The zero-order valence-electron chi connectivity index (χ0n) is 12.5. The standard InChI is InChI=1S/C16H25N3O/c1-3-17-16(19-12-14-8-9-14)18-10-11-20-15-7-5-4-6-13(15)2/h4-7,14H,3,8-12H2,1-2H3,(H2,17,18,19). The van der Waals surface area contributed by atoms with Gasteiger partial charge in [-0.15, -0.1) is 0 Å². The lowest BCUT2D eigenvalue weighted by molar-refractivity contribution is 0.320. The lowest BCUT2D eigenvalue weighted by atomic mass is 10.2. The van der Waals surface area contributed by atoms with E-state index in [9.17, 15) is 0 Å². The van der Waals surface area contributed by atoms with Crippen molar-refractivity contribution in [3.8, 4) is 5.75 Å². The first kappa shape index (κ1) is 14.7. The summed E-state index contributed by atoms with van der Waals surface area (Å²) in [6.07, 6.45) is 2.67. The largest absolute Gasteiger partial charge is 0.491 e. The number of aryl methyl sites for hydroxylation is 1. The molecule has 2 rings (SSSR count). The highest BCUT2D eigenvalue weighted by Gasteiger charge is 2.20. The molecule has 1 fully saturated rings. The van der Waals surface area contributed by atoms with Crippen molar-refractivity contribution < 1.29 is 4.74 Å². The molecule has 2 N–H and O–H groups in total. The monoisotopic (exact) mass is 275 g/mol. The first-order valence-electron chi connectivity index (χ1n) is 7.50. The van der Waals surface area contributed by atoms with E-state index in [1.54, 1.807) is 0 Å². The molecule has 20 heavy (non-hydrogen) atoms. The summed E-state index contributed by atoms with van der Waals surface area (Å²) in [5, 5.41) is 6.57. The quantitative estimate of drug-likeness (QED) is 0.456. The van der Waals surface area contributed by atoms with Crippen molar-refractivity contribution in [2.24, 2.45) is 10.9 Å². The van der Waals surface area contributed by atoms with Crippen molar-refractivity contribution in [2.45, 2.75) is 26.7 Å². The number of nitrogens with one attached hydrogen (secondary N) is 2. The van der Waals surface area contributed by atoms with Gasteiger partial charge in [-0.1, -0.05) is 18.2 Å². The SMILES string of the molecule is CCNC(=NCC1CC1)NCCOc1ccccc1C. The van der Waals surface area contributed by atoms with Gasteiger partial charge in [0, 0.05) is 13.1 Å². The Balaban J connectivity index is 1.69. The lowest BCUT2D eigenvalue weighted by Gasteiger charge is -2.12. The van der Waals surface area contributed by atoms with Crippen LogP contribution in [0.4, 0.5) is 0 Å². The second-order valence-electron chi connectivity index (χ2n) is 5.20. The Morgan fingerprint density at radius 2 is 2.10 bits per heavy atom. The molecule has 110 valence electrons. The van der Waals surface area contributed by atoms with Crippen LogP contribution in [0.5, 0.6) is 5.75 Å². The summed E-state index contributed by atoms with van der Waals surface area (Å²) in [7, 11) is 0. The van der Waals surface area contributed by atoms with E-state index in [0.717, 1.165) is 37.3 Å². The van der Waals surface area contributed by atoms with Crippen LogP contribution < -0.4 is 15.4 Å². The third kappa shape index (κ3) is 5.11. The van der Waals surface area contributed by atoms with Crippen LogP contribution in [0.2, 0.25) is 0 Å². The van der Waals surface area contributed by atoms with Crippen molar-refractivity contribution in [3.63, 3.8) is 0 Å². The molecule has 0 aromatic heterocycles. The molecule has 4 heteroatoms. The summed E-state index contributed by atoms with van der Waals surface area (Å²) in [5.74, 6) is 2.66. The fourth-order valence-electron chi connectivity index (χ4n) is 1.91. The molecule has 1 aromatic rings. The van der Waals surface area contributed by atoms with Gasteiger partial charge in [0.15, 0.2) is 5.96 Å². The van der Waals surface area contributed by atoms with Crippen molar-refractivity contribution in [3.05, 3.63) is 29.8 Å². The molecule has 1 aromatic carbocycles. The van der Waals surface area contributed by atoms with Gasteiger partial charge >= 0.3 is 0 Å². The van der Waals surface area contributed by atoms with Crippen LogP contribution in [0, 0.1) is 12.8 Å². The van der Waals surface area contributed by atoms with E-state index in [1.165, 1.54) is 18.4 Å². The Hall–Kier alpha value is -1.71. The Morgan fingerprint density at radius 3 is 2.80 bits per heavy atom. The summed E-state index contributed by atoms with van der Waals surface area (Å²) in [4.78, 5) is 4.58. The van der Waals surface area contributed by atoms with Crippen molar-refractivity contribution in [1.29, 1.82) is 0 Å². The highest BCUT2D eigenvalue weighted by Crippen LogP contribution is 2.28. The fraction of sp³-hybridized carbons (Fsp3) is 0.562. The summed E-state index contributed by atoms with van der Waals surface area (Å²) < 4.78 is 5.76. The van der Waals surface area contributed by atoms with Gasteiger partial charge in [0.2, 0.25) is 0 Å². The molecule has 0 heterocycles. The molecular weight excluding hydrogens is 250 g/mol. The number of nitrogens with zero attached hydrogens (tertiary/aromatic N) is 1. The number of hydrogen-bond acceptors (Lipinski definition) is 2. The van der Waals surface area contributed by atoms with E-state index < -0.39 is 0 Å². The maximum absolute atomic E-state index is 5.76. The van der Waals surface area contributed by atoms with E-state index in [-0.39, 0.29) is 0 Å². The van der Waals surface area contributed by atoms with Gasteiger partial charge in [-0.05, 0) is 44.2 Å². The number of hydrogen-bond donors (Lipinski definition) is 2. The minimum absolute atomic E-state index is 0.638. The summed E-state index contributed by atoms with van der Waals surface area (Å²) >= 11 is 0. The molecule has 0 radical (unpaired) electrons. The van der Waals surface area contributed by atoms with E-state index in [1.807, 2.05) is 18.2 Å². The number of ether oxygens (including phenoxy) is 1. The fourth-order valence-corrected chi connectivity index (χ4v) is 1.91. The second kappa shape index (κ2) is 7.78. The third-order valence-electron chi connectivity index (χ3n) is 3.29. The molecule has 1 aliphatic carbocycles. The first-order valence-corrected chi connectivity index (χ1v) is 7.50. The summed E-state index contributed by atoms with van der Waals surface area (Å²) in [6, 6.07) is 8.08. The smallest absolute Gasteiger partial charge is 0.191 e. The molecule has 4 nitrogen and oxygen atoms in total. The number of benzene rings is 1. The highest BCUT2D eigenvalue weighted by atomic mass is 16.5. The zero-order chi connectivity index (χ0) is 14.2. The van der Waals surface area contributed by atoms with Gasteiger partial charge in [0.1, 0.15) is 12.4 Å². The average Bonchev–Trinajstić information content (AvgIpc) is 3.26. The topological polar surface area (TPSA) is 45.7 Å². The summed E-state index contributed by atoms with van der Waals surface area (Å²) in [5.41, 5.74) is 1.17. The Morgan fingerprint density at radius 1 is 1.30 bits per heavy atom. The molecule has 0 bridgehead atoms. The van der Waals surface area contributed by atoms with Crippen LogP contribution >= 0.6 is 0 Å². The predicted octanol–water partition coefficient (Wildman–Crippen LogP) is 2.34.